The van der Waals surface area contributed by atoms with Crippen LogP contribution in [0.2, 0.25) is 0 Å². The quantitative estimate of drug-likeness (QED) is 0.872. The number of hydrogen-bond donors (Lipinski definition) is 0. The molecule has 0 saturated carbocycles. The Morgan fingerprint density at radius 3 is 3.10 bits per heavy atom. The van der Waals surface area contributed by atoms with Gasteiger partial charge in [-0.2, -0.15) is 5.10 Å². The molecule has 106 valence electrons. The van der Waals surface area contributed by atoms with Crippen LogP contribution in [0.1, 0.15) is 34.6 Å². The summed E-state index contributed by atoms with van der Waals surface area (Å²) in [5.41, 5.74) is 2.58. The van der Waals surface area contributed by atoms with Gasteiger partial charge in [0.2, 0.25) is 0 Å². The first-order chi connectivity index (χ1) is 9.75. The van der Waals surface area contributed by atoms with Gasteiger partial charge in [0.25, 0.3) is 5.91 Å². The summed E-state index contributed by atoms with van der Waals surface area (Å²) in [4.78, 5) is 19.7. The second-order valence-corrected chi connectivity index (χ2v) is 6.00. The molecule has 1 saturated heterocycles. The monoisotopic (exact) mass is 290 g/mol. The van der Waals surface area contributed by atoms with Crippen molar-refractivity contribution < 1.29 is 4.79 Å². The van der Waals surface area contributed by atoms with Gasteiger partial charge in [0.1, 0.15) is 4.88 Å². The van der Waals surface area contributed by atoms with Crippen LogP contribution < -0.4 is 0 Å². The van der Waals surface area contributed by atoms with E-state index in [1.54, 1.807) is 11.7 Å². The van der Waals surface area contributed by atoms with E-state index in [4.69, 9.17) is 0 Å². The van der Waals surface area contributed by atoms with Crippen molar-refractivity contribution in [2.45, 2.75) is 38.8 Å². The van der Waals surface area contributed by atoms with Crippen LogP contribution in [-0.4, -0.2) is 38.2 Å². The van der Waals surface area contributed by atoms with Gasteiger partial charge in [-0.25, -0.2) is 4.98 Å². The predicted octanol–water partition coefficient (Wildman–Crippen LogP) is 2.34. The van der Waals surface area contributed by atoms with Crippen LogP contribution in [0.5, 0.6) is 0 Å². The molecule has 3 rings (SSSR count). The highest BCUT2D eigenvalue weighted by molar-refractivity contribution is 7.11. The summed E-state index contributed by atoms with van der Waals surface area (Å²) in [6, 6.07) is 2.15. The van der Waals surface area contributed by atoms with E-state index in [9.17, 15) is 4.79 Å². The van der Waals surface area contributed by atoms with Gasteiger partial charge in [-0.05, 0) is 32.3 Å². The molecule has 0 aliphatic carbocycles. The number of aryl methyl sites for hydroxylation is 1. The Hall–Kier alpha value is -1.69. The molecular weight excluding hydrogens is 272 g/mol. The molecule has 1 amide bonds. The highest BCUT2D eigenvalue weighted by atomic mass is 32.1. The van der Waals surface area contributed by atoms with Crippen molar-refractivity contribution in [3.8, 4) is 0 Å². The third-order valence-electron chi connectivity index (χ3n) is 3.78. The van der Waals surface area contributed by atoms with Crippen molar-refractivity contribution >= 4 is 17.2 Å². The first-order valence-electron chi connectivity index (χ1n) is 6.94. The lowest BCUT2D eigenvalue weighted by molar-refractivity contribution is 0.0588. The number of aromatic nitrogens is 3. The minimum atomic E-state index is 0.127. The zero-order valence-electron chi connectivity index (χ0n) is 11.5. The van der Waals surface area contributed by atoms with E-state index in [1.165, 1.54) is 17.8 Å². The van der Waals surface area contributed by atoms with Crippen molar-refractivity contribution in [2.75, 3.05) is 6.54 Å². The number of carbonyl (C=O) groups excluding carboxylic acids is 1. The lowest BCUT2D eigenvalue weighted by Crippen LogP contribution is -2.45. The minimum absolute atomic E-state index is 0.127. The number of thiazole rings is 1. The number of rotatable bonds is 3. The summed E-state index contributed by atoms with van der Waals surface area (Å²) in [6.45, 7) is 3.51. The predicted molar refractivity (Wildman–Crippen MR) is 77.8 cm³/mol. The zero-order valence-corrected chi connectivity index (χ0v) is 12.3. The van der Waals surface area contributed by atoms with E-state index in [-0.39, 0.29) is 11.9 Å². The Kier molecular flexibility index (Phi) is 3.82. The van der Waals surface area contributed by atoms with Gasteiger partial charge in [0.15, 0.2) is 0 Å². The number of carbonyl (C=O) groups is 1. The summed E-state index contributed by atoms with van der Waals surface area (Å²) >= 11 is 1.44. The Morgan fingerprint density at radius 1 is 1.50 bits per heavy atom. The Labute approximate surface area is 122 Å². The summed E-state index contributed by atoms with van der Waals surface area (Å²) < 4.78 is 1.91. The standard InChI is InChI=1S/C14H18N4OS/c1-11-13(20-10-15-11)14(19)18-8-3-2-5-12(18)9-17-7-4-6-16-17/h4,6-7,10,12H,2-3,5,8-9H2,1H3/t12-/m1/s1. The van der Waals surface area contributed by atoms with Gasteiger partial charge >= 0.3 is 0 Å². The van der Waals surface area contributed by atoms with Crippen LogP contribution in [0.25, 0.3) is 0 Å². The molecule has 3 heterocycles. The average molecular weight is 290 g/mol. The zero-order chi connectivity index (χ0) is 13.9. The van der Waals surface area contributed by atoms with Crippen molar-refractivity contribution in [1.29, 1.82) is 0 Å². The molecule has 1 atom stereocenters. The molecule has 1 aliphatic heterocycles. The van der Waals surface area contributed by atoms with Gasteiger partial charge in [-0.3, -0.25) is 9.48 Å². The number of piperidine rings is 1. The second-order valence-electron chi connectivity index (χ2n) is 5.14. The van der Waals surface area contributed by atoms with E-state index >= 15 is 0 Å². The molecule has 0 aromatic carbocycles. The number of hydrogen-bond acceptors (Lipinski definition) is 4. The van der Waals surface area contributed by atoms with E-state index in [1.807, 2.05) is 28.8 Å². The fourth-order valence-electron chi connectivity index (χ4n) is 2.72. The van der Waals surface area contributed by atoms with Gasteiger partial charge in [0, 0.05) is 18.9 Å². The molecule has 5 nitrogen and oxygen atoms in total. The topological polar surface area (TPSA) is 51.0 Å². The van der Waals surface area contributed by atoms with E-state index in [0.29, 0.717) is 0 Å². The Bertz CT molecular complexity index is 578. The normalized spacial score (nSPS) is 19.2. The van der Waals surface area contributed by atoms with E-state index < -0.39 is 0 Å². The van der Waals surface area contributed by atoms with Crippen molar-refractivity contribution in [1.82, 2.24) is 19.7 Å². The molecule has 1 fully saturated rings. The van der Waals surface area contributed by atoms with Crippen LogP contribution in [0.4, 0.5) is 0 Å². The van der Waals surface area contributed by atoms with Gasteiger partial charge < -0.3 is 4.90 Å². The fourth-order valence-corrected chi connectivity index (χ4v) is 3.48. The minimum Gasteiger partial charge on any atom is -0.333 e. The molecule has 0 unspecified atom stereocenters. The van der Waals surface area contributed by atoms with Crippen LogP contribution in [0, 0.1) is 6.92 Å². The smallest absolute Gasteiger partial charge is 0.266 e. The molecule has 0 radical (unpaired) electrons. The summed E-state index contributed by atoms with van der Waals surface area (Å²) in [6.07, 6.45) is 7.04. The van der Waals surface area contributed by atoms with Crippen LogP contribution in [0.3, 0.4) is 0 Å². The molecule has 0 N–H and O–H groups in total. The van der Waals surface area contributed by atoms with E-state index in [2.05, 4.69) is 10.1 Å². The van der Waals surface area contributed by atoms with Gasteiger partial charge in [-0.1, -0.05) is 0 Å². The number of likely N-dealkylation sites (tertiary alicyclic amines) is 1. The Morgan fingerprint density at radius 2 is 2.40 bits per heavy atom. The maximum absolute atomic E-state index is 12.7. The molecule has 1 aliphatic rings. The third kappa shape index (κ3) is 2.60. The summed E-state index contributed by atoms with van der Waals surface area (Å²) in [5, 5.41) is 4.25. The summed E-state index contributed by atoms with van der Waals surface area (Å²) in [5.74, 6) is 0.127. The van der Waals surface area contributed by atoms with Crippen molar-refractivity contribution in [3.63, 3.8) is 0 Å². The second kappa shape index (κ2) is 5.75. The van der Waals surface area contributed by atoms with E-state index in [0.717, 1.165) is 36.5 Å². The lowest BCUT2D eigenvalue weighted by atomic mass is 10.0. The number of nitrogens with zero attached hydrogens (tertiary/aromatic N) is 4. The molecule has 0 bridgehead atoms. The van der Waals surface area contributed by atoms with Gasteiger partial charge in [0.05, 0.1) is 23.8 Å². The number of amides is 1. The molecule has 6 heteroatoms. The molecule has 0 spiro atoms. The van der Waals surface area contributed by atoms with Crippen molar-refractivity contribution in [3.05, 3.63) is 34.5 Å². The first-order valence-corrected chi connectivity index (χ1v) is 7.82. The fraction of sp³-hybridized carbons (Fsp3) is 0.500. The first kappa shape index (κ1) is 13.3. The molecule has 2 aromatic heterocycles. The molecule has 2 aromatic rings. The molecule has 20 heavy (non-hydrogen) atoms. The third-order valence-corrected chi connectivity index (χ3v) is 4.70. The average Bonchev–Trinajstić information content (AvgIpc) is 3.10. The van der Waals surface area contributed by atoms with Crippen molar-refractivity contribution in [2.24, 2.45) is 0 Å². The van der Waals surface area contributed by atoms with Gasteiger partial charge in [-0.15, -0.1) is 11.3 Å². The van der Waals surface area contributed by atoms with Crippen LogP contribution in [-0.2, 0) is 6.54 Å². The summed E-state index contributed by atoms with van der Waals surface area (Å²) in [7, 11) is 0. The van der Waals surface area contributed by atoms with Crippen LogP contribution >= 0.6 is 11.3 Å². The maximum Gasteiger partial charge on any atom is 0.266 e. The lowest BCUT2D eigenvalue weighted by Gasteiger charge is -2.35. The Balaban J connectivity index is 1.78. The SMILES string of the molecule is Cc1ncsc1C(=O)N1CCCC[C@@H]1Cn1cccn1. The maximum atomic E-state index is 12.7. The highest BCUT2D eigenvalue weighted by Gasteiger charge is 2.29. The molecular formula is C14H18N4OS. The largest absolute Gasteiger partial charge is 0.333 e. The highest BCUT2D eigenvalue weighted by Crippen LogP contribution is 2.23. The van der Waals surface area contributed by atoms with Crippen LogP contribution in [0.15, 0.2) is 24.0 Å².